The first kappa shape index (κ1) is 21.8. The topological polar surface area (TPSA) is 40.5 Å². The van der Waals surface area contributed by atoms with E-state index < -0.39 is 0 Å². The van der Waals surface area contributed by atoms with E-state index in [1.54, 1.807) is 0 Å². The van der Waals surface area contributed by atoms with Crippen molar-refractivity contribution < 1.29 is 11.6 Å². The van der Waals surface area contributed by atoms with Gasteiger partial charge in [0.05, 0.1) is 0 Å². The molecule has 2 nitrogen and oxygen atoms in total. The van der Waals surface area contributed by atoms with Crippen LogP contribution in [-0.4, -0.2) is 23.4 Å². The molecule has 1 aromatic carbocycles. The van der Waals surface area contributed by atoms with E-state index >= 15 is 0 Å². The minimum absolute atomic E-state index is 0. The van der Waals surface area contributed by atoms with E-state index in [0.29, 0.717) is 25.0 Å². The minimum atomic E-state index is 0. The zero-order valence-corrected chi connectivity index (χ0v) is 18.5. The van der Waals surface area contributed by atoms with Crippen molar-refractivity contribution >= 4 is 0 Å². The first-order valence-electron chi connectivity index (χ1n) is 11.6. The molecule has 2 N–H and O–H groups in total. The van der Waals surface area contributed by atoms with E-state index in [1.165, 1.54) is 50.5 Å². The van der Waals surface area contributed by atoms with Crippen LogP contribution in [0.2, 0.25) is 0 Å². The van der Waals surface area contributed by atoms with Crippen LogP contribution in [0.15, 0.2) is 30.3 Å². The Hall–Kier alpha value is -0.860. The summed E-state index contributed by atoms with van der Waals surface area (Å²) in [7, 11) is 0. The molecule has 1 aromatic rings. The van der Waals surface area contributed by atoms with Crippen molar-refractivity contribution in [3.05, 3.63) is 35.9 Å². The molecule has 3 aliphatic rings. The average molecular weight is 389 g/mol. The molecule has 0 saturated heterocycles. The van der Waals surface area contributed by atoms with Crippen LogP contribution in [0.3, 0.4) is 0 Å². The summed E-state index contributed by atoms with van der Waals surface area (Å²) in [4.78, 5) is 0. The van der Waals surface area contributed by atoms with E-state index in [2.05, 4.69) is 52.0 Å². The molecular weight excluding hydrogens is 344 g/mol. The van der Waals surface area contributed by atoms with Crippen LogP contribution in [0, 0.1) is 34.5 Å². The summed E-state index contributed by atoms with van der Waals surface area (Å²) < 4.78 is 0. The molecule has 3 saturated carbocycles. The molecule has 2 heteroatoms. The third kappa shape index (κ3) is 4.82. The molecule has 0 bridgehead atoms. The van der Waals surface area contributed by atoms with Gasteiger partial charge in [0.2, 0.25) is 0 Å². The number of hydrogen-bond donors (Lipinski definition) is 2. The molecule has 0 heterocycles. The third-order valence-corrected chi connectivity index (χ3v) is 8.52. The van der Waals surface area contributed by atoms with Gasteiger partial charge in [-0.1, -0.05) is 90.1 Å². The molecule has 0 aliphatic heterocycles. The van der Waals surface area contributed by atoms with E-state index in [9.17, 15) is 10.2 Å². The third-order valence-electron chi connectivity index (χ3n) is 8.52. The summed E-state index contributed by atoms with van der Waals surface area (Å²) >= 11 is 0. The van der Waals surface area contributed by atoms with Gasteiger partial charge >= 0.3 is 0 Å². The molecule has 6 atom stereocenters. The van der Waals surface area contributed by atoms with Crippen molar-refractivity contribution in [1.82, 2.24) is 0 Å². The smallest absolute Gasteiger partial charge is 0.0487 e. The quantitative estimate of drug-likeness (QED) is 0.602. The van der Waals surface area contributed by atoms with Crippen molar-refractivity contribution in [3.63, 3.8) is 0 Å². The highest BCUT2D eigenvalue weighted by Gasteiger charge is 2.53. The molecular formula is C26H44O2. The highest BCUT2D eigenvalue weighted by Crippen LogP contribution is 2.59. The maximum atomic E-state index is 9.28. The Bertz CT molecular complexity index is 610. The van der Waals surface area contributed by atoms with Gasteiger partial charge in [0.25, 0.3) is 0 Å². The summed E-state index contributed by atoms with van der Waals surface area (Å²) in [6, 6.07) is 10.6. The molecule has 3 fully saturated rings. The van der Waals surface area contributed by atoms with Gasteiger partial charge in [0.15, 0.2) is 0 Å². The van der Waals surface area contributed by atoms with Gasteiger partial charge in [-0.05, 0) is 58.8 Å². The number of hydrogen-bond acceptors (Lipinski definition) is 2. The fraction of sp³-hybridized carbons (Fsp3) is 0.769. The van der Waals surface area contributed by atoms with Gasteiger partial charge < -0.3 is 10.2 Å². The summed E-state index contributed by atoms with van der Waals surface area (Å²) in [6.07, 6.45) is 9.65. The normalized spacial score (nSPS) is 36.8. The molecule has 160 valence electrons. The van der Waals surface area contributed by atoms with Gasteiger partial charge in [0, 0.05) is 14.6 Å². The summed E-state index contributed by atoms with van der Waals surface area (Å²) in [5.74, 6) is 3.87. The van der Waals surface area contributed by atoms with Crippen LogP contribution in [0.25, 0.3) is 0 Å². The average Bonchev–Trinajstić information content (AvgIpc) is 3.64. The van der Waals surface area contributed by atoms with Crippen LogP contribution in [-0.2, 0) is 0 Å². The molecule has 0 aromatic heterocycles. The monoisotopic (exact) mass is 388 g/mol. The Balaban J connectivity index is 0.000000200. The van der Waals surface area contributed by atoms with Crippen molar-refractivity contribution in [3.8, 4) is 0 Å². The lowest BCUT2D eigenvalue weighted by molar-refractivity contribution is 0.170. The maximum absolute atomic E-state index is 9.28. The number of aliphatic hydroxyl groups excluding tert-OH is 2. The molecule has 0 radical (unpaired) electrons. The highest BCUT2D eigenvalue weighted by atomic mass is 16.3. The molecule has 3 aliphatic carbocycles. The Morgan fingerprint density at radius 3 is 1.93 bits per heavy atom. The largest absolute Gasteiger partial charge is 0.396 e. The molecule has 0 unspecified atom stereocenters. The predicted octanol–water partition coefficient (Wildman–Crippen LogP) is 6.28. The van der Waals surface area contributed by atoms with Gasteiger partial charge in [-0.2, -0.15) is 0 Å². The van der Waals surface area contributed by atoms with Crippen LogP contribution < -0.4 is 0 Å². The van der Waals surface area contributed by atoms with Gasteiger partial charge in [0.1, 0.15) is 0 Å². The van der Waals surface area contributed by atoms with Gasteiger partial charge in [-0.15, -0.1) is 0 Å². The number of aliphatic hydroxyl groups is 2. The Morgan fingerprint density at radius 1 is 0.893 bits per heavy atom. The SMILES string of the molecule is C[C@H](C1CCCCC1)[C@@H]1C[C@@]1(C)CO.C[C@H](c1ccccc1)[C@@H]1C[C@@]1(C)CO.[HH]. The molecule has 28 heavy (non-hydrogen) atoms. The first-order valence-corrected chi connectivity index (χ1v) is 11.6. The maximum Gasteiger partial charge on any atom is 0.0487 e. The second kappa shape index (κ2) is 8.88. The lowest BCUT2D eigenvalue weighted by Crippen LogP contribution is -2.20. The summed E-state index contributed by atoms with van der Waals surface area (Å²) in [5.41, 5.74) is 1.88. The van der Waals surface area contributed by atoms with Gasteiger partial charge in [-0.25, -0.2) is 0 Å². The Labute approximate surface area is 174 Å². The van der Waals surface area contributed by atoms with Crippen molar-refractivity contribution in [2.45, 2.75) is 78.6 Å². The molecule has 0 amide bonds. The predicted molar refractivity (Wildman–Crippen MR) is 119 cm³/mol. The second-order valence-corrected chi connectivity index (χ2v) is 10.7. The highest BCUT2D eigenvalue weighted by molar-refractivity contribution is 5.23. The standard InChI is InChI=1S/C13H24O.C13H18O.H2/c2*1-10(11-6-4-3-5-7-11)12-8-13(12,2)9-14;/h10-12,14H,3-9H2,1-2H3;3-7,10,12,14H,8-9H2,1-2H3;1H/t2*10-,12+,13+;/m11./s1. The fourth-order valence-electron chi connectivity index (χ4n) is 5.83. The van der Waals surface area contributed by atoms with Crippen LogP contribution in [0.5, 0.6) is 0 Å². The fourth-order valence-corrected chi connectivity index (χ4v) is 5.83. The summed E-state index contributed by atoms with van der Waals surface area (Å²) in [6.45, 7) is 9.83. The van der Waals surface area contributed by atoms with Gasteiger partial charge in [-0.3, -0.25) is 0 Å². The lowest BCUT2D eigenvalue weighted by Gasteiger charge is -2.29. The van der Waals surface area contributed by atoms with E-state index in [0.717, 1.165) is 17.8 Å². The van der Waals surface area contributed by atoms with Crippen molar-refractivity contribution in [2.24, 2.45) is 34.5 Å². The lowest BCUT2D eigenvalue weighted by atomic mass is 9.77. The minimum Gasteiger partial charge on any atom is -0.396 e. The number of benzene rings is 1. The van der Waals surface area contributed by atoms with E-state index in [4.69, 9.17) is 0 Å². The Kier molecular flexibility index (Phi) is 6.92. The first-order chi connectivity index (χ1) is 13.3. The van der Waals surface area contributed by atoms with Crippen LogP contribution in [0.4, 0.5) is 0 Å². The molecule has 0 spiro atoms. The zero-order chi connectivity index (χ0) is 20.4. The number of rotatable bonds is 6. The second-order valence-electron chi connectivity index (χ2n) is 10.7. The summed E-state index contributed by atoms with van der Waals surface area (Å²) in [5, 5.41) is 18.5. The van der Waals surface area contributed by atoms with Crippen LogP contribution >= 0.6 is 0 Å². The van der Waals surface area contributed by atoms with E-state index in [-0.39, 0.29) is 12.3 Å². The zero-order valence-electron chi connectivity index (χ0n) is 18.5. The van der Waals surface area contributed by atoms with E-state index in [1.807, 2.05) is 6.07 Å². The Morgan fingerprint density at radius 2 is 1.43 bits per heavy atom. The molecule has 4 rings (SSSR count). The van der Waals surface area contributed by atoms with Crippen molar-refractivity contribution in [2.75, 3.05) is 13.2 Å². The van der Waals surface area contributed by atoms with Crippen LogP contribution in [0.1, 0.15) is 85.5 Å². The van der Waals surface area contributed by atoms with Crippen molar-refractivity contribution in [1.29, 1.82) is 0 Å².